The average molecular weight is 173 g/mol. The number of nitrogens with two attached hydrogens (primary N) is 1. The highest BCUT2D eigenvalue weighted by molar-refractivity contribution is 7.80. The van der Waals surface area contributed by atoms with Crippen LogP contribution in [0.15, 0.2) is 17.4 Å². The fourth-order valence-corrected chi connectivity index (χ4v) is 0.443. The molecule has 11 heavy (non-hydrogen) atoms. The summed E-state index contributed by atoms with van der Waals surface area (Å²) >= 11 is 4.49. The van der Waals surface area contributed by atoms with Crippen molar-refractivity contribution in [3.63, 3.8) is 0 Å². The third kappa shape index (κ3) is 6.79. The minimum atomic E-state index is 0.116. The lowest BCUT2D eigenvalue weighted by Gasteiger charge is -1.99. The zero-order valence-corrected chi connectivity index (χ0v) is 7.15. The van der Waals surface area contributed by atoms with Crippen LogP contribution in [-0.4, -0.2) is 17.9 Å². The molecule has 0 rings (SSSR count). The van der Waals surface area contributed by atoms with E-state index in [0.29, 0.717) is 12.4 Å². The van der Waals surface area contributed by atoms with Crippen molar-refractivity contribution in [1.29, 1.82) is 0 Å². The number of ether oxygens (including phenoxy) is 1. The second-order valence-corrected chi connectivity index (χ2v) is 2.07. The minimum Gasteiger partial charge on any atom is -0.493 e. The number of rotatable bonds is 4. The van der Waals surface area contributed by atoms with Gasteiger partial charge in [-0.05, 0) is 19.1 Å². The molecule has 0 aromatic rings. The molecule has 0 heterocycles. The monoisotopic (exact) mass is 173 g/mol. The SMILES string of the molecule is C=C(/C=N/NC(N)=S)OCC. The van der Waals surface area contributed by atoms with E-state index >= 15 is 0 Å². The molecule has 0 aromatic carbocycles. The highest BCUT2D eigenvalue weighted by Gasteiger charge is 1.85. The average Bonchev–Trinajstić information content (AvgIpc) is 1.87. The van der Waals surface area contributed by atoms with Crippen molar-refractivity contribution in [3.05, 3.63) is 12.3 Å². The summed E-state index contributed by atoms with van der Waals surface area (Å²) < 4.78 is 4.96. The molecule has 0 spiro atoms. The molecule has 0 aliphatic heterocycles. The second kappa shape index (κ2) is 5.67. The van der Waals surface area contributed by atoms with Gasteiger partial charge < -0.3 is 10.5 Å². The maximum Gasteiger partial charge on any atom is 0.184 e. The number of nitrogens with zero attached hydrogens (tertiary/aromatic N) is 1. The van der Waals surface area contributed by atoms with Crippen LogP contribution in [0.1, 0.15) is 6.92 Å². The van der Waals surface area contributed by atoms with Crippen LogP contribution >= 0.6 is 12.2 Å². The molecule has 0 aliphatic carbocycles. The lowest BCUT2D eigenvalue weighted by molar-refractivity contribution is 0.252. The molecule has 3 N–H and O–H groups in total. The molecule has 0 aliphatic rings. The Hall–Kier alpha value is -1.10. The fraction of sp³-hybridized carbons (Fsp3) is 0.333. The van der Waals surface area contributed by atoms with Crippen LogP contribution in [0.5, 0.6) is 0 Å². The van der Waals surface area contributed by atoms with Crippen molar-refractivity contribution in [2.75, 3.05) is 6.61 Å². The molecule has 0 saturated heterocycles. The van der Waals surface area contributed by atoms with Crippen LogP contribution in [0.2, 0.25) is 0 Å². The molecule has 0 atom stereocenters. The third-order valence-electron chi connectivity index (χ3n) is 0.713. The van der Waals surface area contributed by atoms with Crippen molar-refractivity contribution in [2.24, 2.45) is 10.8 Å². The Balaban J connectivity index is 3.56. The zero-order valence-electron chi connectivity index (χ0n) is 6.33. The third-order valence-corrected chi connectivity index (χ3v) is 0.804. The van der Waals surface area contributed by atoms with Gasteiger partial charge in [-0.15, -0.1) is 0 Å². The molecule has 4 nitrogen and oxygen atoms in total. The first-order chi connectivity index (χ1) is 5.16. The summed E-state index contributed by atoms with van der Waals surface area (Å²) in [4.78, 5) is 0. The van der Waals surface area contributed by atoms with Crippen LogP contribution in [0.25, 0.3) is 0 Å². The maximum absolute atomic E-state index is 5.09. The van der Waals surface area contributed by atoms with E-state index in [1.807, 2.05) is 6.92 Å². The summed E-state index contributed by atoms with van der Waals surface area (Å²) in [6, 6.07) is 0. The van der Waals surface area contributed by atoms with Crippen molar-refractivity contribution in [3.8, 4) is 0 Å². The van der Waals surface area contributed by atoms with Crippen LogP contribution in [0.4, 0.5) is 0 Å². The van der Waals surface area contributed by atoms with Gasteiger partial charge in [0.25, 0.3) is 0 Å². The number of allylic oxidation sites excluding steroid dienone is 1. The van der Waals surface area contributed by atoms with E-state index in [1.165, 1.54) is 6.21 Å². The van der Waals surface area contributed by atoms with Gasteiger partial charge >= 0.3 is 0 Å². The van der Waals surface area contributed by atoms with Crippen LogP contribution in [-0.2, 0) is 4.74 Å². The Bertz CT molecular complexity index is 179. The number of thiocarbonyl (C=S) groups is 1. The quantitative estimate of drug-likeness (QED) is 0.279. The van der Waals surface area contributed by atoms with E-state index in [4.69, 9.17) is 10.5 Å². The molecule has 0 fully saturated rings. The van der Waals surface area contributed by atoms with Gasteiger partial charge in [-0.3, -0.25) is 5.43 Å². The summed E-state index contributed by atoms with van der Waals surface area (Å²) in [6.07, 6.45) is 1.41. The van der Waals surface area contributed by atoms with E-state index in [1.54, 1.807) is 0 Å². The number of hydrogen-bond donors (Lipinski definition) is 2. The molecule has 0 amide bonds. The van der Waals surface area contributed by atoms with Gasteiger partial charge in [-0.2, -0.15) is 5.10 Å². The Labute approximate surface area is 71.1 Å². The first kappa shape index (κ1) is 9.90. The van der Waals surface area contributed by atoms with Gasteiger partial charge in [-0.1, -0.05) is 6.58 Å². The zero-order chi connectivity index (χ0) is 8.69. The van der Waals surface area contributed by atoms with Crippen molar-refractivity contribution < 1.29 is 4.74 Å². The molecule has 5 heteroatoms. The van der Waals surface area contributed by atoms with E-state index in [2.05, 4.69) is 29.3 Å². The smallest absolute Gasteiger partial charge is 0.184 e. The predicted octanol–water partition coefficient (Wildman–Crippen LogP) is 0.356. The molecule has 0 aromatic heterocycles. The van der Waals surface area contributed by atoms with Gasteiger partial charge in [0.2, 0.25) is 0 Å². The molecule has 0 saturated carbocycles. The summed E-state index contributed by atoms with van der Waals surface area (Å²) in [5.74, 6) is 0.469. The second-order valence-electron chi connectivity index (χ2n) is 1.63. The number of hydrazone groups is 1. The Kier molecular flexibility index (Phi) is 5.10. The first-order valence-corrected chi connectivity index (χ1v) is 3.47. The van der Waals surface area contributed by atoms with Crippen LogP contribution in [0, 0.1) is 0 Å². The summed E-state index contributed by atoms with van der Waals surface area (Å²) in [6.45, 7) is 5.97. The Morgan fingerprint density at radius 2 is 2.55 bits per heavy atom. The van der Waals surface area contributed by atoms with Gasteiger partial charge in [0.05, 0.1) is 12.8 Å². The highest BCUT2D eigenvalue weighted by atomic mass is 32.1. The van der Waals surface area contributed by atoms with Gasteiger partial charge in [-0.25, -0.2) is 0 Å². The standard InChI is InChI=1S/C6H11N3OS/c1-3-10-5(2)4-8-9-6(7)11/h4H,2-3H2,1H3,(H3,7,9,11)/b8-4+. The lowest BCUT2D eigenvalue weighted by atomic mass is 10.6. The molecule has 0 radical (unpaired) electrons. The largest absolute Gasteiger partial charge is 0.493 e. The normalized spacial score (nSPS) is 9.55. The lowest BCUT2D eigenvalue weighted by Crippen LogP contribution is -2.24. The van der Waals surface area contributed by atoms with E-state index in [9.17, 15) is 0 Å². The minimum absolute atomic E-state index is 0.116. The van der Waals surface area contributed by atoms with Gasteiger partial charge in [0.1, 0.15) is 5.76 Å². The fourth-order valence-electron chi connectivity index (χ4n) is 0.391. The summed E-state index contributed by atoms with van der Waals surface area (Å²) in [7, 11) is 0. The Morgan fingerprint density at radius 1 is 1.91 bits per heavy atom. The molecular formula is C6H11N3OS. The first-order valence-electron chi connectivity index (χ1n) is 3.07. The molecular weight excluding hydrogens is 162 g/mol. The van der Waals surface area contributed by atoms with E-state index in [0.717, 1.165) is 0 Å². The summed E-state index contributed by atoms with van der Waals surface area (Å²) in [5.41, 5.74) is 7.46. The van der Waals surface area contributed by atoms with Crippen molar-refractivity contribution in [1.82, 2.24) is 5.43 Å². The molecule has 0 bridgehead atoms. The Morgan fingerprint density at radius 3 is 3.00 bits per heavy atom. The number of hydrogen-bond acceptors (Lipinski definition) is 3. The topological polar surface area (TPSA) is 59.6 Å². The molecule has 0 unspecified atom stereocenters. The highest BCUT2D eigenvalue weighted by Crippen LogP contribution is 1.86. The van der Waals surface area contributed by atoms with E-state index < -0.39 is 0 Å². The maximum atomic E-state index is 5.09. The molecule has 62 valence electrons. The van der Waals surface area contributed by atoms with E-state index in [-0.39, 0.29) is 5.11 Å². The van der Waals surface area contributed by atoms with Crippen molar-refractivity contribution >= 4 is 23.5 Å². The van der Waals surface area contributed by atoms with Crippen molar-refractivity contribution in [2.45, 2.75) is 6.92 Å². The number of nitrogens with one attached hydrogen (secondary N) is 1. The van der Waals surface area contributed by atoms with Gasteiger partial charge in [0, 0.05) is 0 Å². The van der Waals surface area contributed by atoms with Crippen LogP contribution in [0.3, 0.4) is 0 Å². The van der Waals surface area contributed by atoms with Gasteiger partial charge in [0.15, 0.2) is 5.11 Å². The van der Waals surface area contributed by atoms with Crippen LogP contribution < -0.4 is 11.2 Å². The summed E-state index contributed by atoms with van der Waals surface area (Å²) in [5, 5.41) is 3.74. The predicted molar refractivity (Wildman–Crippen MR) is 49.2 cm³/mol.